The van der Waals surface area contributed by atoms with E-state index in [0.29, 0.717) is 26.9 Å². The van der Waals surface area contributed by atoms with Crippen molar-refractivity contribution >= 4 is 39.8 Å². The molecule has 0 radical (unpaired) electrons. The largest absolute Gasteiger partial charge is 0.469 e. The predicted molar refractivity (Wildman–Crippen MR) is 60.3 cm³/mol. The van der Waals surface area contributed by atoms with Gasteiger partial charge in [-0.15, -0.1) is 0 Å². The second kappa shape index (κ2) is 5.28. The number of rotatable bonds is 3. The first kappa shape index (κ1) is 12.2. The number of halogens is 2. The van der Waals surface area contributed by atoms with E-state index >= 15 is 0 Å². The smallest absolute Gasteiger partial charge is 0.310 e. The highest BCUT2D eigenvalue weighted by molar-refractivity contribution is 9.10. The number of carbonyl (C=O) groups excluding carboxylic acids is 2. The number of benzene rings is 1. The van der Waals surface area contributed by atoms with E-state index in [0.717, 1.165) is 0 Å². The Hall–Kier alpha value is -0.870. The summed E-state index contributed by atoms with van der Waals surface area (Å²) in [6, 6.07) is 3.15. The molecule has 0 aliphatic rings. The van der Waals surface area contributed by atoms with Crippen LogP contribution < -0.4 is 0 Å². The molecule has 0 fully saturated rings. The Kier molecular flexibility index (Phi) is 4.29. The molecular weight excluding hydrogens is 283 g/mol. The van der Waals surface area contributed by atoms with Gasteiger partial charge in [0.25, 0.3) is 0 Å². The first-order valence-corrected chi connectivity index (χ1v) is 5.25. The van der Waals surface area contributed by atoms with Gasteiger partial charge < -0.3 is 4.74 Å². The van der Waals surface area contributed by atoms with Crippen LogP contribution >= 0.6 is 27.5 Å². The van der Waals surface area contributed by atoms with E-state index in [-0.39, 0.29) is 6.42 Å². The molecule has 1 aromatic rings. The number of hydrogen-bond donors (Lipinski definition) is 0. The topological polar surface area (TPSA) is 43.4 Å². The fourth-order valence-corrected chi connectivity index (χ4v) is 1.87. The number of ether oxygens (including phenoxy) is 1. The van der Waals surface area contributed by atoms with Crippen molar-refractivity contribution < 1.29 is 14.3 Å². The van der Waals surface area contributed by atoms with E-state index in [4.69, 9.17) is 11.6 Å². The van der Waals surface area contributed by atoms with Gasteiger partial charge in [0.1, 0.15) is 0 Å². The fraction of sp³-hybridized carbons (Fsp3) is 0.200. The molecule has 0 aliphatic heterocycles. The van der Waals surface area contributed by atoms with Crippen LogP contribution in [0.1, 0.15) is 15.9 Å². The first-order chi connectivity index (χ1) is 7.08. The van der Waals surface area contributed by atoms with Crippen molar-refractivity contribution in [2.75, 3.05) is 7.11 Å². The van der Waals surface area contributed by atoms with Crippen LogP contribution in [0.5, 0.6) is 0 Å². The molecule has 3 nitrogen and oxygen atoms in total. The van der Waals surface area contributed by atoms with Gasteiger partial charge in [0.15, 0.2) is 6.29 Å². The molecule has 0 unspecified atom stereocenters. The Bertz CT molecular complexity index is 404. The quantitative estimate of drug-likeness (QED) is 0.635. The molecule has 0 amide bonds. The Morgan fingerprint density at radius 2 is 2.27 bits per heavy atom. The summed E-state index contributed by atoms with van der Waals surface area (Å²) in [5.74, 6) is -0.393. The molecule has 0 aliphatic carbocycles. The van der Waals surface area contributed by atoms with E-state index in [1.54, 1.807) is 12.1 Å². The van der Waals surface area contributed by atoms with Crippen LogP contribution in [-0.4, -0.2) is 19.4 Å². The number of aldehydes is 1. The van der Waals surface area contributed by atoms with Gasteiger partial charge in [-0.3, -0.25) is 9.59 Å². The summed E-state index contributed by atoms with van der Waals surface area (Å²) < 4.78 is 5.12. The molecule has 80 valence electrons. The molecule has 0 aromatic heterocycles. The highest BCUT2D eigenvalue weighted by atomic mass is 79.9. The van der Waals surface area contributed by atoms with E-state index in [1.165, 1.54) is 7.11 Å². The lowest BCUT2D eigenvalue weighted by Crippen LogP contribution is -2.05. The molecule has 0 heterocycles. The van der Waals surface area contributed by atoms with Crippen molar-refractivity contribution in [3.05, 3.63) is 32.8 Å². The summed E-state index contributed by atoms with van der Waals surface area (Å²) in [5.41, 5.74) is 1.03. The maximum absolute atomic E-state index is 11.0. The van der Waals surface area contributed by atoms with Crippen molar-refractivity contribution in [1.82, 2.24) is 0 Å². The maximum Gasteiger partial charge on any atom is 0.310 e. The summed E-state index contributed by atoms with van der Waals surface area (Å²) in [4.78, 5) is 21.7. The molecule has 0 bridgehead atoms. The minimum absolute atomic E-state index is 0.0590. The Labute approximate surface area is 100 Å². The fourth-order valence-electron chi connectivity index (χ4n) is 1.07. The SMILES string of the molecule is COC(=O)Cc1cc(C=O)c(Br)cc1Cl. The van der Waals surface area contributed by atoms with Gasteiger partial charge in [-0.25, -0.2) is 0 Å². The molecule has 1 aromatic carbocycles. The van der Waals surface area contributed by atoms with Gasteiger partial charge in [-0.05, 0) is 17.7 Å². The van der Waals surface area contributed by atoms with Gasteiger partial charge in [0.2, 0.25) is 0 Å². The van der Waals surface area contributed by atoms with Gasteiger partial charge in [0, 0.05) is 15.1 Å². The zero-order chi connectivity index (χ0) is 11.4. The third kappa shape index (κ3) is 3.04. The monoisotopic (exact) mass is 290 g/mol. The second-order valence-electron chi connectivity index (χ2n) is 2.84. The summed E-state index contributed by atoms with van der Waals surface area (Å²) >= 11 is 9.10. The molecule has 0 saturated heterocycles. The summed E-state index contributed by atoms with van der Waals surface area (Å²) in [5, 5.41) is 0.429. The zero-order valence-electron chi connectivity index (χ0n) is 7.92. The highest BCUT2D eigenvalue weighted by Gasteiger charge is 2.10. The molecule has 0 spiro atoms. The van der Waals surface area contributed by atoms with Crippen LogP contribution in [0.3, 0.4) is 0 Å². The van der Waals surface area contributed by atoms with Crippen LogP contribution in [0.25, 0.3) is 0 Å². The third-order valence-corrected chi connectivity index (χ3v) is 2.89. The number of hydrogen-bond acceptors (Lipinski definition) is 3. The van der Waals surface area contributed by atoms with E-state index < -0.39 is 5.97 Å². The normalized spacial score (nSPS) is 9.80. The molecule has 1 rings (SSSR count). The van der Waals surface area contributed by atoms with E-state index in [2.05, 4.69) is 20.7 Å². The lowest BCUT2D eigenvalue weighted by molar-refractivity contribution is -0.139. The average Bonchev–Trinajstić information content (AvgIpc) is 2.21. The van der Waals surface area contributed by atoms with E-state index in [1.807, 2.05) is 0 Å². The average molecular weight is 292 g/mol. The van der Waals surface area contributed by atoms with Crippen LogP contribution in [-0.2, 0) is 16.0 Å². The Morgan fingerprint density at radius 1 is 1.60 bits per heavy atom. The minimum atomic E-state index is -0.393. The van der Waals surface area contributed by atoms with Crippen molar-refractivity contribution in [1.29, 1.82) is 0 Å². The lowest BCUT2D eigenvalue weighted by atomic mass is 10.1. The highest BCUT2D eigenvalue weighted by Crippen LogP contribution is 2.25. The van der Waals surface area contributed by atoms with Gasteiger partial charge in [-0.1, -0.05) is 27.5 Å². The zero-order valence-corrected chi connectivity index (χ0v) is 10.3. The van der Waals surface area contributed by atoms with Crippen LogP contribution in [0.2, 0.25) is 5.02 Å². The Morgan fingerprint density at radius 3 is 2.80 bits per heavy atom. The summed E-state index contributed by atoms with van der Waals surface area (Å²) in [6.07, 6.45) is 0.755. The van der Waals surface area contributed by atoms with Crippen LogP contribution in [0.15, 0.2) is 16.6 Å². The first-order valence-electron chi connectivity index (χ1n) is 4.08. The number of carbonyl (C=O) groups is 2. The second-order valence-corrected chi connectivity index (χ2v) is 4.10. The predicted octanol–water partition coefficient (Wildman–Crippen LogP) is 2.63. The minimum Gasteiger partial charge on any atom is -0.469 e. The molecule has 0 N–H and O–H groups in total. The summed E-state index contributed by atoms with van der Waals surface area (Å²) in [6.45, 7) is 0. The Balaban J connectivity index is 3.07. The molecule has 15 heavy (non-hydrogen) atoms. The molecule has 5 heteroatoms. The number of esters is 1. The third-order valence-electron chi connectivity index (χ3n) is 1.86. The molecular formula is C10H8BrClO3. The van der Waals surface area contributed by atoms with Crippen molar-refractivity contribution in [2.45, 2.75) is 6.42 Å². The van der Waals surface area contributed by atoms with Crippen molar-refractivity contribution in [3.63, 3.8) is 0 Å². The lowest BCUT2D eigenvalue weighted by Gasteiger charge is -2.05. The van der Waals surface area contributed by atoms with Crippen LogP contribution in [0, 0.1) is 0 Å². The van der Waals surface area contributed by atoms with Gasteiger partial charge in [0.05, 0.1) is 13.5 Å². The standard InChI is InChI=1S/C10H8BrClO3/c1-15-10(14)3-6-2-7(5-13)8(11)4-9(6)12/h2,4-5H,3H2,1H3. The van der Waals surface area contributed by atoms with Crippen molar-refractivity contribution in [2.24, 2.45) is 0 Å². The maximum atomic E-state index is 11.0. The summed E-state index contributed by atoms with van der Waals surface area (Å²) in [7, 11) is 1.30. The molecule has 0 saturated carbocycles. The van der Waals surface area contributed by atoms with Gasteiger partial charge >= 0.3 is 5.97 Å². The van der Waals surface area contributed by atoms with Gasteiger partial charge in [-0.2, -0.15) is 0 Å². The van der Waals surface area contributed by atoms with Crippen molar-refractivity contribution in [3.8, 4) is 0 Å². The number of methoxy groups -OCH3 is 1. The molecule has 0 atom stereocenters. The van der Waals surface area contributed by atoms with Crippen LogP contribution in [0.4, 0.5) is 0 Å². The van der Waals surface area contributed by atoms with E-state index in [9.17, 15) is 9.59 Å².